The number of hydrogen-bond donors (Lipinski definition) is 1. The summed E-state index contributed by atoms with van der Waals surface area (Å²) in [5.74, 6) is 1.13. The number of rotatable bonds is 9. The number of amides is 1. The molecule has 10 heteroatoms. The van der Waals surface area contributed by atoms with Crippen LogP contribution in [-0.4, -0.2) is 52.7 Å². The summed E-state index contributed by atoms with van der Waals surface area (Å²) in [5, 5.41) is 3.69. The number of aryl methyl sites for hydroxylation is 2. The lowest BCUT2D eigenvalue weighted by molar-refractivity contribution is -0.134. The molecular weight excluding hydrogens is 477 g/mol. The zero-order valence-electron chi connectivity index (χ0n) is 20.1. The zero-order valence-corrected chi connectivity index (χ0v) is 20.9. The van der Waals surface area contributed by atoms with Gasteiger partial charge in [-0.15, -0.1) is 11.3 Å². The van der Waals surface area contributed by atoms with E-state index in [0.29, 0.717) is 16.7 Å². The molecule has 0 bridgehead atoms. The Kier molecular flexibility index (Phi) is 8.64. The van der Waals surface area contributed by atoms with Crippen molar-refractivity contribution in [1.29, 1.82) is 0 Å². The van der Waals surface area contributed by atoms with Crippen molar-refractivity contribution in [3.05, 3.63) is 39.6 Å². The predicted octanol–water partition coefficient (Wildman–Crippen LogP) is 4.84. The second-order valence-corrected chi connectivity index (χ2v) is 10.8. The van der Waals surface area contributed by atoms with Crippen molar-refractivity contribution in [2.75, 3.05) is 19.7 Å². The molecule has 1 aliphatic heterocycles. The molecular formula is C25H33F3N4O2S. The highest BCUT2D eigenvalue weighted by Gasteiger charge is 2.29. The van der Waals surface area contributed by atoms with Crippen molar-refractivity contribution in [3.63, 3.8) is 0 Å². The third-order valence-corrected chi connectivity index (χ3v) is 8.01. The number of carbonyl (C=O) groups excluding carboxylic acids is 1. The quantitative estimate of drug-likeness (QED) is 0.523. The van der Waals surface area contributed by atoms with Gasteiger partial charge in [-0.25, -0.2) is 4.98 Å². The molecule has 1 fully saturated rings. The van der Waals surface area contributed by atoms with Gasteiger partial charge in [0.1, 0.15) is 5.75 Å². The van der Waals surface area contributed by atoms with Gasteiger partial charge in [0.05, 0.1) is 16.9 Å². The van der Waals surface area contributed by atoms with Crippen LogP contribution in [0.2, 0.25) is 0 Å². The van der Waals surface area contributed by atoms with Crippen LogP contribution in [0.5, 0.6) is 5.75 Å². The molecule has 0 aromatic carbocycles. The number of alkyl halides is 3. The van der Waals surface area contributed by atoms with Crippen molar-refractivity contribution >= 4 is 17.2 Å². The molecule has 3 heterocycles. The van der Waals surface area contributed by atoms with Crippen LogP contribution in [0.3, 0.4) is 0 Å². The molecule has 2 aromatic rings. The van der Waals surface area contributed by atoms with E-state index in [9.17, 15) is 18.0 Å². The Hall–Kier alpha value is -2.20. The number of hydrogen-bond acceptors (Lipinski definition) is 6. The van der Waals surface area contributed by atoms with Crippen molar-refractivity contribution in [2.45, 2.75) is 77.1 Å². The van der Waals surface area contributed by atoms with Crippen LogP contribution >= 0.6 is 11.3 Å². The Morgan fingerprint density at radius 1 is 1.26 bits per heavy atom. The summed E-state index contributed by atoms with van der Waals surface area (Å²) in [7, 11) is 0. The van der Waals surface area contributed by atoms with E-state index in [1.165, 1.54) is 11.3 Å². The Morgan fingerprint density at radius 2 is 2.06 bits per heavy atom. The van der Waals surface area contributed by atoms with Gasteiger partial charge in [-0.3, -0.25) is 14.7 Å². The maximum absolute atomic E-state index is 12.5. The molecule has 2 aromatic heterocycles. The molecule has 0 radical (unpaired) electrons. The summed E-state index contributed by atoms with van der Waals surface area (Å²) >= 11 is 1.45. The van der Waals surface area contributed by atoms with Crippen LogP contribution in [0, 0.1) is 12.8 Å². The second kappa shape index (κ2) is 11.7. The van der Waals surface area contributed by atoms with Gasteiger partial charge in [0.2, 0.25) is 0 Å². The Bertz CT molecular complexity index is 972. The van der Waals surface area contributed by atoms with E-state index in [-0.39, 0.29) is 25.0 Å². The molecule has 0 saturated heterocycles. The van der Waals surface area contributed by atoms with Gasteiger partial charge in [0, 0.05) is 42.5 Å². The van der Waals surface area contributed by atoms with Gasteiger partial charge < -0.3 is 10.1 Å². The number of thiazole rings is 1. The van der Waals surface area contributed by atoms with Crippen molar-refractivity contribution in [3.8, 4) is 5.75 Å². The Balaban J connectivity index is 1.12. The zero-order chi connectivity index (χ0) is 24.8. The van der Waals surface area contributed by atoms with E-state index in [1.54, 1.807) is 6.20 Å². The molecule has 0 unspecified atom stereocenters. The molecule has 1 aliphatic carbocycles. The highest BCUT2D eigenvalue weighted by molar-refractivity contribution is 7.11. The van der Waals surface area contributed by atoms with Gasteiger partial charge in [0.25, 0.3) is 5.91 Å². The lowest BCUT2D eigenvalue weighted by atomic mass is 9.84. The average Bonchev–Trinajstić information content (AvgIpc) is 3.24. The molecule has 35 heavy (non-hydrogen) atoms. The standard InChI is InChI=1S/C25H33F3N4O2S/c1-17-2-7-20(14-29-17)34-16-23(33)30-19-5-3-18(4-6-19)9-12-32-13-10-22-21(15-32)31-24(35-22)8-11-25(26,27)28/h2,7,14,18-19H,3-6,8-13,15-16H2,1H3,(H,30,33). The molecule has 1 saturated carbocycles. The first kappa shape index (κ1) is 25.9. The van der Waals surface area contributed by atoms with Crippen LogP contribution < -0.4 is 10.1 Å². The minimum absolute atomic E-state index is 0.00381. The minimum atomic E-state index is -4.13. The molecule has 0 spiro atoms. The maximum atomic E-state index is 12.5. The van der Waals surface area contributed by atoms with Crippen LogP contribution in [-0.2, 0) is 24.2 Å². The highest BCUT2D eigenvalue weighted by atomic mass is 32.1. The number of nitrogens with one attached hydrogen (secondary N) is 1. The molecule has 6 nitrogen and oxygen atoms in total. The van der Waals surface area contributed by atoms with E-state index in [0.717, 1.165) is 74.4 Å². The molecule has 192 valence electrons. The second-order valence-electron chi connectivity index (χ2n) is 9.62. The first-order valence-electron chi connectivity index (χ1n) is 12.3. The monoisotopic (exact) mass is 510 g/mol. The van der Waals surface area contributed by atoms with Crippen molar-refractivity contribution < 1.29 is 22.7 Å². The summed E-state index contributed by atoms with van der Waals surface area (Å²) in [4.78, 5) is 24.4. The Morgan fingerprint density at radius 3 is 2.77 bits per heavy atom. The van der Waals surface area contributed by atoms with Gasteiger partial charge in [-0.1, -0.05) is 0 Å². The SMILES string of the molecule is Cc1ccc(OCC(=O)NC2CCC(CCN3CCc4sc(CCC(F)(F)F)nc4C3)CC2)cn1. The third-order valence-electron chi connectivity index (χ3n) is 6.79. The van der Waals surface area contributed by atoms with Crippen molar-refractivity contribution in [2.24, 2.45) is 5.92 Å². The van der Waals surface area contributed by atoms with Gasteiger partial charge >= 0.3 is 6.18 Å². The van der Waals surface area contributed by atoms with Crippen LogP contribution in [0.1, 0.15) is 59.8 Å². The molecule has 1 N–H and O–H groups in total. The fraction of sp³-hybridized carbons (Fsp3) is 0.640. The molecule has 2 aliphatic rings. The summed E-state index contributed by atoms with van der Waals surface area (Å²) in [6.45, 7) is 4.55. The summed E-state index contributed by atoms with van der Waals surface area (Å²) in [6, 6.07) is 3.86. The number of halogens is 3. The van der Waals surface area contributed by atoms with E-state index in [1.807, 2.05) is 19.1 Å². The average molecular weight is 511 g/mol. The number of ether oxygens (including phenoxy) is 1. The summed E-state index contributed by atoms with van der Waals surface area (Å²) in [5.41, 5.74) is 1.87. The third kappa shape index (κ3) is 8.17. The number of aromatic nitrogens is 2. The number of fused-ring (bicyclic) bond motifs is 1. The number of carbonyl (C=O) groups is 1. The maximum Gasteiger partial charge on any atom is 0.389 e. The first-order valence-corrected chi connectivity index (χ1v) is 13.2. The topological polar surface area (TPSA) is 67.3 Å². The smallest absolute Gasteiger partial charge is 0.389 e. The van der Waals surface area contributed by atoms with Crippen LogP contribution in [0.25, 0.3) is 0 Å². The largest absolute Gasteiger partial charge is 0.482 e. The minimum Gasteiger partial charge on any atom is -0.482 e. The lowest BCUT2D eigenvalue weighted by Crippen LogP contribution is -2.40. The van der Waals surface area contributed by atoms with E-state index in [4.69, 9.17) is 4.74 Å². The molecule has 4 rings (SSSR count). The van der Waals surface area contributed by atoms with Gasteiger partial charge in [-0.05, 0) is 70.0 Å². The van der Waals surface area contributed by atoms with Crippen molar-refractivity contribution in [1.82, 2.24) is 20.2 Å². The van der Waals surface area contributed by atoms with E-state index >= 15 is 0 Å². The van der Waals surface area contributed by atoms with Crippen LogP contribution in [0.4, 0.5) is 13.2 Å². The Labute approximate surface area is 208 Å². The first-order chi connectivity index (χ1) is 16.7. The van der Waals surface area contributed by atoms with Crippen LogP contribution in [0.15, 0.2) is 18.3 Å². The summed E-state index contributed by atoms with van der Waals surface area (Å²) in [6.07, 6.45) is 2.77. The fourth-order valence-electron chi connectivity index (χ4n) is 4.77. The highest BCUT2D eigenvalue weighted by Crippen LogP contribution is 2.31. The van der Waals surface area contributed by atoms with Gasteiger partial charge in [-0.2, -0.15) is 13.2 Å². The molecule has 1 amide bonds. The number of pyridine rings is 1. The van der Waals surface area contributed by atoms with E-state index in [2.05, 4.69) is 20.2 Å². The number of nitrogens with zero attached hydrogens (tertiary/aromatic N) is 3. The lowest BCUT2D eigenvalue weighted by Gasteiger charge is -2.32. The predicted molar refractivity (Wildman–Crippen MR) is 128 cm³/mol. The summed E-state index contributed by atoms with van der Waals surface area (Å²) < 4.78 is 43.0. The molecule has 0 atom stereocenters. The normalized spacial score (nSPS) is 20.9. The fourth-order valence-corrected chi connectivity index (χ4v) is 5.84. The van der Waals surface area contributed by atoms with E-state index < -0.39 is 12.6 Å². The van der Waals surface area contributed by atoms with Gasteiger partial charge in [0.15, 0.2) is 6.61 Å².